The highest BCUT2D eigenvalue weighted by molar-refractivity contribution is 6.03. The number of amides is 2. The summed E-state index contributed by atoms with van der Waals surface area (Å²) in [7, 11) is 1.41. The van der Waals surface area contributed by atoms with Crippen molar-refractivity contribution in [1.29, 1.82) is 5.41 Å². The number of benzene rings is 1. The standard InChI is InChI=1S/C18H18F2N6O2/c1-9-7-23-13(8-22-9)16(28)24-10-4-11(15(20)12(19)5-10)18(2)6-14(27)26(3)17(21)25-18/h4-5,7-8H,6H2,1-3H3,(H2,21,25)(H,24,28)/t18-/m0/s1. The van der Waals surface area contributed by atoms with Crippen LogP contribution in [0.4, 0.5) is 14.5 Å². The fourth-order valence-corrected chi connectivity index (χ4v) is 2.87. The van der Waals surface area contributed by atoms with Crippen molar-refractivity contribution in [2.24, 2.45) is 0 Å². The Bertz CT molecular complexity index is 959. The lowest BCUT2D eigenvalue weighted by atomic mass is 9.85. The molecule has 0 spiro atoms. The number of guanidine groups is 1. The van der Waals surface area contributed by atoms with Crippen LogP contribution in [0.25, 0.3) is 0 Å². The van der Waals surface area contributed by atoms with Crippen molar-refractivity contribution in [3.8, 4) is 0 Å². The van der Waals surface area contributed by atoms with Crippen LogP contribution < -0.4 is 10.6 Å². The third-order valence-electron chi connectivity index (χ3n) is 4.50. The van der Waals surface area contributed by atoms with Crippen LogP contribution in [0.5, 0.6) is 0 Å². The fourth-order valence-electron chi connectivity index (χ4n) is 2.87. The van der Waals surface area contributed by atoms with Crippen LogP contribution in [0, 0.1) is 24.0 Å². The van der Waals surface area contributed by atoms with E-state index in [9.17, 15) is 18.4 Å². The Morgan fingerprint density at radius 2 is 2.04 bits per heavy atom. The molecule has 1 saturated heterocycles. The van der Waals surface area contributed by atoms with Gasteiger partial charge in [0.2, 0.25) is 5.91 Å². The Morgan fingerprint density at radius 1 is 1.32 bits per heavy atom. The Balaban J connectivity index is 1.95. The molecule has 0 aliphatic carbocycles. The van der Waals surface area contributed by atoms with E-state index in [1.54, 1.807) is 6.92 Å². The minimum absolute atomic E-state index is 0.0115. The van der Waals surface area contributed by atoms with Gasteiger partial charge in [0.25, 0.3) is 5.91 Å². The summed E-state index contributed by atoms with van der Waals surface area (Å²) in [5.41, 5.74) is -0.903. The molecule has 1 aliphatic rings. The normalized spacial score (nSPS) is 19.4. The number of anilines is 1. The predicted molar refractivity (Wildman–Crippen MR) is 96.7 cm³/mol. The molecule has 28 heavy (non-hydrogen) atoms. The van der Waals surface area contributed by atoms with Crippen molar-refractivity contribution in [3.63, 3.8) is 0 Å². The van der Waals surface area contributed by atoms with E-state index < -0.39 is 29.0 Å². The summed E-state index contributed by atoms with van der Waals surface area (Å²) in [4.78, 5) is 33.4. The molecule has 3 rings (SSSR count). The van der Waals surface area contributed by atoms with Crippen molar-refractivity contribution >= 4 is 23.5 Å². The first-order valence-electron chi connectivity index (χ1n) is 8.33. The maximum Gasteiger partial charge on any atom is 0.275 e. The van der Waals surface area contributed by atoms with Crippen LogP contribution in [0.2, 0.25) is 0 Å². The van der Waals surface area contributed by atoms with Gasteiger partial charge in [-0.15, -0.1) is 0 Å². The number of nitrogens with one attached hydrogen (secondary N) is 3. The van der Waals surface area contributed by atoms with Gasteiger partial charge in [0.05, 0.1) is 23.9 Å². The molecule has 1 fully saturated rings. The Kier molecular flexibility index (Phi) is 4.80. The maximum absolute atomic E-state index is 14.5. The Morgan fingerprint density at radius 3 is 2.64 bits per heavy atom. The van der Waals surface area contributed by atoms with E-state index in [-0.39, 0.29) is 29.3 Å². The monoisotopic (exact) mass is 388 g/mol. The molecule has 10 heteroatoms. The van der Waals surface area contributed by atoms with Crippen LogP contribution in [0.1, 0.15) is 35.1 Å². The lowest BCUT2D eigenvalue weighted by Gasteiger charge is -2.39. The molecule has 1 aromatic carbocycles. The summed E-state index contributed by atoms with van der Waals surface area (Å²) in [6.07, 6.45) is 2.49. The quantitative estimate of drug-likeness (QED) is 0.744. The molecule has 0 saturated carbocycles. The largest absolute Gasteiger partial charge is 0.346 e. The van der Waals surface area contributed by atoms with Crippen molar-refractivity contribution in [1.82, 2.24) is 20.2 Å². The van der Waals surface area contributed by atoms with Gasteiger partial charge in [0.1, 0.15) is 5.69 Å². The van der Waals surface area contributed by atoms with E-state index in [0.29, 0.717) is 5.69 Å². The lowest BCUT2D eigenvalue weighted by molar-refractivity contribution is -0.129. The summed E-state index contributed by atoms with van der Waals surface area (Å²) in [5, 5.41) is 13.0. The Labute approximate surface area is 159 Å². The summed E-state index contributed by atoms with van der Waals surface area (Å²) < 4.78 is 28.7. The number of halogens is 2. The summed E-state index contributed by atoms with van der Waals surface area (Å²) >= 11 is 0. The molecule has 3 N–H and O–H groups in total. The highest BCUT2D eigenvalue weighted by Gasteiger charge is 2.40. The number of hydrogen-bond acceptors (Lipinski definition) is 5. The molecule has 0 unspecified atom stereocenters. The molecular weight excluding hydrogens is 370 g/mol. The summed E-state index contributed by atoms with van der Waals surface area (Å²) in [6, 6.07) is 2.07. The minimum atomic E-state index is -1.35. The first kappa shape index (κ1) is 19.3. The van der Waals surface area contributed by atoms with Crippen LogP contribution >= 0.6 is 0 Å². The van der Waals surface area contributed by atoms with Gasteiger partial charge in [0.15, 0.2) is 17.6 Å². The first-order valence-corrected chi connectivity index (χ1v) is 8.33. The maximum atomic E-state index is 14.5. The number of nitrogens with zero attached hydrogens (tertiary/aromatic N) is 3. The Hall–Kier alpha value is -3.43. The average Bonchev–Trinajstić information content (AvgIpc) is 2.63. The van der Waals surface area contributed by atoms with Gasteiger partial charge in [-0.1, -0.05) is 0 Å². The van der Waals surface area contributed by atoms with E-state index >= 15 is 0 Å². The number of rotatable bonds is 3. The van der Waals surface area contributed by atoms with Crippen molar-refractivity contribution in [2.75, 3.05) is 12.4 Å². The number of carbonyl (C=O) groups is 2. The van der Waals surface area contributed by atoms with E-state index in [4.69, 9.17) is 5.41 Å². The number of hydrogen-bond donors (Lipinski definition) is 3. The highest BCUT2D eigenvalue weighted by Crippen LogP contribution is 2.33. The molecule has 2 heterocycles. The zero-order valence-corrected chi connectivity index (χ0v) is 15.4. The fraction of sp³-hybridized carbons (Fsp3) is 0.278. The minimum Gasteiger partial charge on any atom is -0.346 e. The van der Waals surface area contributed by atoms with Crippen LogP contribution in [-0.2, 0) is 10.3 Å². The van der Waals surface area contributed by atoms with Crippen molar-refractivity contribution in [3.05, 3.63) is 53.1 Å². The van der Waals surface area contributed by atoms with Gasteiger partial charge < -0.3 is 10.6 Å². The molecule has 8 nitrogen and oxygen atoms in total. The van der Waals surface area contributed by atoms with Crippen LogP contribution in [0.3, 0.4) is 0 Å². The molecule has 1 atom stereocenters. The van der Waals surface area contributed by atoms with Gasteiger partial charge in [-0.25, -0.2) is 13.8 Å². The molecular formula is C18H18F2N6O2. The smallest absolute Gasteiger partial charge is 0.275 e. The molecule has 146 valence electrons. The van der Waals surface area contributed by atoms with Crippen molar-refractivity contribution < 1.29 is 18.4 Å². The summed E-state index contributed by atoms with van der Waals surface area (Å²) in [6.45, 7) is 3.20. The van der Waals surface area contributed by atoms with Gasteiger partial charge in [-0.2, -0.15) is 0 Å². The molecule has 2 aromatic rings. The van der Waals surface area contributed by atoms with Gasteiger partial charge in [0, 0.05) is 30.6 Å². The third kappa shape index (κ3) is 3.53. The average molecular weight is 388 g/mol. The zero-order chi connectivity index (χ0) is 20.6. The summed E-state index contributed by atoms with van der Waals surface area (Å²) in [5.74, 6) is -3.65. The highest BCUT2D eigenvalue weighted by atomic mass is 19.2. The number of aryl methyl sites for hydroxylation is 1. The van der Waals surface area contributed by atoms with Crippen LogP contribution in [0.15, 0.2) is 24.5 Å². The topological polar surface area (TPSA) is 111 Å². The van der Waals surface area contributed by atoms with Gasteiger partial charge in [-0.3, -0.25) is 24.9 Å². The third-order valence-corrected chi connectivity index (χ3v) is 4.50. The first-order chi connectivity index (χ1) is 13.1. The van der Waals surface area contributed by atoms with Gasteiger partial charge >= 0.3 is 0 Å². The van der Waals surface area contributed by atoms with E-state index in [1.165, 1.54) is 32.4 Å². The van der Waals surface area contributed by atoms with Crippen molar-refractivity contribution in [2.45, 2.75) is 25.8 Å². The SMILES string of the molecule is Cc1cnc(C(=O)Nc2cc(F)c(F)c([C@]3(C)CC(=O)N(C)C(=N)N3)c2)cn1. The second-order valence-corrected chi connectivity index (χ2v) is 6.75. The zero-order valence-electron chi connectivity index (χ0n) is 15.4. The lowest BCUT2D eigenvalue weighted by Crippen LogP contribution is -2.58. The van der Waals surface area contributed by atoms with E-state index in [0.717, 1.165) is 11.0 Å². The molecule has 0 bridgehead atoms. The molecule has 0 radical (unpaired) electrons. The van der Waals surface area contributed by atoms with E-state index in [2.05, 4.69) is 20.6 Å². The molecule has 1 aliphatic heterocycles. The van der Waals surface area contributed by atoms with Crippen LogP contribution in [-0.4, -0.2) is 39.7 Å². The second-order valence-electron chi connectivity index (χ2n) is 6.75. The number of aromatic nitrogens is 2. The number of carbonyl (C=O) groups excluding carboxylic acids is 2. The second kappa shape index (κ2) is 6.95. The van der Waals surface area contributed by atoms with E-state index in [1.807, 2.05) is 0 Å². The molecule has 2 amide bonds. The predicted octanol–water partition coefficient (Wildman–Crippen LogP) is 1.92. The molecule has 1 aromatic heterocycles. The van der Waals surface area contributed by atoms with Gasteiger partial charge in [-0.05, 0) is 19.9 Å².